The summed E-state index contributed by atoms with van der Waals surface area (Å²) in [5.74, 6) is 3.55. The van der Waals surface area contributed by atoms with Crippen LogP contribution in [0.25, 0.3) is 11.5 Å². The summed E-state index contributed by atoms with van der Waals surface area (Å²) >= 11 is 0. The van der Waals surface area contributed by atoms with Gasteiger partial charge in [0.05, 0.1) is 0 Å². The van der Waals surface area contributed by atoms with Crippen molar-refractivity contribution in [1.82, 2.24) is 20.5 Å². The Kier molecular flexibility index (Phi) is 7.38. The molecule has 6 heteroatoms. The van der Waals surface area contributed by atoms with Gasteiger partial charge in [-0.25, -0.2) is 0 Å². The lowest BCUT2D eigenvalue weighted by atomic mass is 9.70. The fourth-order valence-corrected chi connectivity index (χ4v) is 5.39. The van der Waals surface area contributed by atoms with Crippen LogP contribution in [0, 0.1) is 29.6 Å². The van der Waals surface area contributed by atoms with Crippen molar-refractivity contribution >= 4 is 5.91 Å². The van der Waals surface area contributed by atoms with Crippen LogP contribution in [-0.4, -0.2) is 27.6 Å². The van der Waals surface area contributed by atoms with Crippen LogP contribution in [0.3, 0.4) is 0 Å². The summed E-state index contributed by atoms with van der Waals surface area (Å²) in [6.07, 6.45) is 13.4. The lowest BCUT2D eigenvalue weighted by Gasteiger charge is -2.37. The Labute approximate surface area is 191 Å². The van der Waals surface area contributed by atoms with Gasteiger partial charge in [-0.2, -0.15) is 0 Å². The standard InChI is InChI=1S/C26H36N4O2/c1-17(2)23-14-21(15-24-29-30-26(32-24)20-9-11-27-12-10-20)18(3)13-22(23)16-28-25(31)19-7-5-4-6-8-19/h9-13,17,19,21-23H,4-8,14-16H2,1-3H3,(H,28,31)/t21-,22-,23-/m0/s1. The molecule has 0 unspecified atom stereocenters. The van der Waals surface area contributed by atoms with E-state index in [-0.39, 0.29) is 11.8 Å². The normalized spacial score (nSPS) is 24.4. The fraction of sp³-hybridized carbons (Fsp3) is 0.615. The van der Waals surface area contributed by atoms with Crippen LogP contribution in [-0.2, 0) is 11.2 Å². The van der Waals surface area contributed by atoms with E-state index in [1.54, 1.807) is 12.4 Å². The summed E-state index contributed by atoms with van der Waals surface area (Å²) < 4.78 is 5.96. The van der Waals surface area contributed by atoms with Crippen LogP contribution in [0.4, 0.5) is 0 Å². The lowest BCUT2D eigenvalue weighted by Crippen LogP contribution is -2.39. The third-order valence-corrected chi connectivity index (χ3v) is 7.39. The second kappa shape index (κ2) is 10.4. The molecule has 2 aromatic rings. The third kappa shape index (κ3) is 5.45. The summed E-state index contributed by atoms with van der Waals surface area (Å²) in [4.78, 5) is 16.7. The molecule has 2 aliphatic carbocycles. The topological polar surface area (TPSA) is 80.9 Å². The van der Waals surface area contributed by atoms with Crippen LogP contribution >= 0.6 is 0 Å². The minimum Gasteiger partial charge on any atom is -0.421 e. The number of aromatic nitrogens is 3. The maximum absolute atomic E-state index is 12.7. The molecule has 1 fully saturated rings. The monoisotopic (exact) mass is 436 g/mol. The summed E-state index contributed by atoms with van der Waals surface area (Å²) in [6.45, 7) is 7.53. The van der Waals surface area contributed by atoms with Gasteiger partial charge >= 0.3 is 0 Å². The first-order valence-corrected chi connectivity index (χ1v) is 12.2. The molecule has 0 radical (unpaired) electrons. The second-order valence-electron chi connectivity index (χ2n) is 9.94. The molecule has 0 saturated heterocycles. The van der Waals surface area contributed by atoms with Crippen LogP contribution in [0.2, 0.25) is 0 Å². The Morgan fingerprint density at radius 2 is 1.91 bits per heavy atom. The zero-order valence-electron chi connectivity index (χ0n) is 19.6. The highest BCUT2D eigenvalue weighted by Crippen LogP contribution is 2.39. The van der Waals surface area contributed by atoms with Crippen molar-refractivity contribution < 1.29 is 9.21 Å². The Morgan fingerprint density at radius 3 is 2.62 bits per heavy atom. The SMILES string of the molecule is CC1=C[C@@H](CNC(=O)C2CCCCC2)[C@H](C(C)C)C[C@H]1Cc1nnc(-c2ccncc2)o1. The number of pyridine rings is 1. The number of hydrogen-bond acceptors (Lipinski definition) is 5. The van der Waals surface area contributed by atoms with E-state index < -0.39 is 0 Å². The highest BCUT2D eigenvalue weighted by atomic mass is 16.4. The number of carbonyl (C=O) groups is 1. The number of nitrogens with one attached hydrogen (secondary N) is 1. The maximum Gasteiger partial charge on any atom is 0.247 e. The molecule has 3 atom stereocenters. The van der Waals surface area contributed by atoms with E-state index in [2.05, 4.69) is 47.3 Å². The number of nitrogens with zero attached hydrogens (tertiary/aromatic N) is 3. The molecule has 1 amide bonds. The van der Waals surface area contributed by atoms with E-state index in [9.17, 15) is 4.79 Å². The van der Waals surface area contributed by atoms with E-state index in [1.807, 2.05) is 12.1 Å². The molecule has 0 aromatic carbocycles. The van der Waals surface area contributed by atoms with E-state index in [1.165, 1.54) is 24.8 Å². The van der Waals surface area contributed by atoms with Crippen molar-refractivity contribution in [3.05, 3.63) is 42.1 Å². The van der Waals surface area contributed by atoms with Gasteiger partial charge in [0.15, 0.2) is 0 Å². The molecule has 4 rings (SSSR count). The summed E-state index contributed by atoms with van der Waals surface area (Å²) in [5, 5.41) is 11.8. The van der Waals surface area contributed by atoms with Gasteiger partial charge in [0.1, 0.15) is 0 Å². The average Bonchev–Trinajstić information content (AvgIpc) is 3.28. The lowest BCUT2D eigenvalue weighted by molar-refractivity contribution is -0.126. The highest BCUT2D eigenvalue weighted by Gasteiger charge is 2.33. The van der Waals surface area contributed by atoms with Gasteiger partial charge in [-0.15, -0.1) is 10.2 Å². The van der Waals surface area contributed by atoms with Gasteiger partial charge in [-0.05, 0) is 62.0 Å². The van der Waals surface area contributed by atoms with Gasteiger partial charge in [0.2, 0.25) is 17.7 Å². The number of allylic oxidation sites excluding steroid dienone is 1. The number of hydrogen-bond donors (Lipinski definition) is 1. The van der Waals surface area contributed by atoms with Crippen molar-refractivity contribution in [1.29, 1.82) is 0 Å². The van der Waals surface area contributed by atoms with Crippen LogP contribution in [0.5, 0.6) is 0 Å². The second-order valence-corrected chi connectivity index (χ2v) is 9.94. The van der Waals surface area contributed by atoms with Crippen molar-refractivity contribution in [3.63, 3.8) is 0 Å². The quantitative estimate of drug-likeness (QED) is 0.602. The predicted molar refractivity (Wildman–Crippen MR) is 124 cm³/mol. The molecule has 0 spiro atoms. The first kappa shape index (κ1) is 22.7. The van der Waals surface area contributed by atoms with Gasteiger partial charge in [-0.3, -0.25) is 9.78 Å². The summed E-state index contributed by atoms with van der Waals surface area (Å²) in [5.41, 5.74) is 2.26. The predicted octanol–water partition coefficient (Wildman–Crippen LogP) is 5.23. The molecule has 0 bridgehead atoms. The summed E-state index contributed by atoms with van der Waals surface area (Å²) in [7, 11) is 0. The Balaban J connectivity index is 1.40. The van der Waals surface area contributed by atoms with Crippen molar-refractivity contribution in [2.75, 3.05) is 6.54 Å². The minimum absolute atomic E-state index is 0.217. The first-order chi connectivity index (χ1) is 15.5. The largest absolute Gasteiger partial charge is 0.421 e. The zero-order valence-corrected chi connectivity index (χ0v) is 19.6. The number of rotatable bonds is 7. The van der Waals surface area contributed by atoms with Gasteiger partial charge < -0.3 is 9.73 Å². The molecule has 32 heavy (non-hydrogen) atoms. The van der Waals surface area contributed by atoms with Gasteiger partial charge in [0.25, 0.3) is 0 Å². The van der Waals surface area contributed by atoms with E-state index >= 15 is 0 Å². The number of carbonyl (C=O) groups excluding carboxylic acids is 1. The molecule has 172 valence electrons. The molecule has 0 aliphatic heterocycles. The molecule has 2 heterocycles. The van der Waals surface area contributed by atoms with Crippen LogP contribution < -0.4 is 5.32 Å². The molecular weight excluding hydrogens is 400 g/mol. The van der Waals surface area contributed by atoms with E-state index in [0.717, 1.165) is 37.8 Å². The summed E-state index contributed by atoms with van der Waals surface area (Å²) in [6, 6.07) is 3.76. The first-order valence-electron chi connectivity index (χ1n) is 12.2. The van der Waals surface area contributed by atoms with Crippen LogP contribution in [0.15, 0.2) is 40.6 Å². The van der Waals surface area contributed by atoms with Gasteiger partial charge in [0, 0.05) is 36.8 Å². The van der Waals surface area contributed by atoms with Crippen LogP contribution in [0.1, 0.15) is 65.2 Å². The Bertz CT molecular complexity index is 915. The minimum atomic E-state index is 0.217. The molecule has 2 aliphatic rings. The zero-order chi connectivity index (χ0) is 22.5. The molecule has 6 nitrogen and oxygen atoms in total. The Morgan fingerprint density at radius 1 is 1.16 bits per heavy atom. The van der Waals surface area contributed by atoms with Crippen molar-refractivity contribution in [2.24, 2.45) is 29.6 Å². The highest BCUT2D eigenvalue weighted by molar-refractivity contribution is 5.78. The van der Waals surface area contributed by atoms with Gasteiger partial charge in [-0.1, -0.05) is 44.8 Å². The number of amides is 1. The molecular formula is C26H36N4O2. The molecule has 2 aromatic heterocycles. The van der Waals surface area contributed by atoms with E-state index in [0.29, 0.717) is 35.5 Å². The van der Waals surface area contributed by atoms with Crippen molar-refractivity contribution in [2.45, 2.75) is 65.7 Å². The molecule has 1 N–H and O–H groups in total. The third-order valence-electron chi connectivity index (χ3n) is 7.39. The van der Waals surface area contributed by atoms with Crippen molar-refractivity contribution in [3.8, 4) is 11.5 Å². The Hall–Kier alpha value is -2.50. The molecule has 1 saturated carbocycles. The fourth-order valence-electron chi connectivity index (χ4n) is 5.39. The smallest absolute Gasteiger partial charge is 0.247 e. The van der Waals surface area contributed by atoms with E-state index in [4.69, 9.17) is 4.42 Å². The average molecular weight is 437 g/mol. The maximum atomic E-state index is 12.7.